The number of hydrogen-bond donors (Lipinski definition) is 2. The average Bonchev–Trinajstić information content (AvgIpc) is 3.17. The van der Waals surface area contributed by atoms with E-state index in [1.807, 2.05) is 4.68 Å². The number of aromatic amines is 1. The topological polar surface area (TPSA) is 99.0 Å². The zero-order chi connectivity index (χ0) is 23.9. The number of anilines is 2. The minimum atomic E-state index is -0.565. The fourth-order valence-corrected chi connectivity index (χ4v) is 5.39. The Bertz CT molecular complexity index is 1300. The zero-order valence-electron chi connectivity index (χ0n) is 18.9. The molecule has 0 amide bonds. The number of methoxy groups -OCH3 is 1. The van der Waals surface area contributed by atoms with E-state index in [4.69, 9.17) is 21.4 Å². The number of H-pyrrole nitrogens is 1. The number of pyridine rings is 1. The number of nitriles is 1. The third-order valence-corrected chi connectivity index (χ3v) is 7.56. The Morgan fingerprint density at radius 2 is 2.12 bits per heavy atom. The number of halogens is 2. The minimum absolute atomic E-state index is 0.0162. The number of likely N-dealkylation sites (tertiary alicyclic amines) is 1. The van der Waals surface area contributed by atoms with Crippen LogP contribution in [0, 0.1) is 17.1 Å². The van der Waals surface area contributed by atoms with Crippen LogP contribution in [-0.2, 0) is 10.3 Å². The highest BCUT2D eigenvalue weighted by molar-refractivity contribution is 6.30. The highest BCUT2D eigenvalue weighted by atomic mass is 35.5. The number of benzene rings is 1. The van der Waals surface area contributed by atoms with Gasteiger partial charge in [-0.15, -0.1) is 0 Å². The van der Waals surface area contributed by atoms with Crippen molar-refractivity contribution in [1.29, 1.82) is 5.26 Å². The number of ether oxygens (including phenoxy) is 1. The van der Waals surface area contributed by atoms with Gasteiger partial charge in [-0.1, -0.05) is 11.6 Å². The van der Waals surface area contributed by atoms with Gasteiger partial charge in [0.05, 0.1) is 34.7 Å². The summed E-state index contributed by atoms with van der Waals surface area (Å²) in [5, 5.41) is 18.0. The molecule has 8 nitrogen and oxygen atoms in total. The van der Waals surface area contributed by atoms with E-state index >= 15 is 0 Å². The monoisotopic (exact) mass is 484 g/mol. The number of aromatic nitrogens is 3. The Balaban J connectivity index is 1.49. The maximum absolute atomic E-state index is 14.0. The summed E-state index contributed by atoms with van der Waals surface area (Å²) in [5.74, 6) is -0.242. The second-order valence-electron chi connectivity index (χ2n) is 9.18. The molecule has 0 unspecified atom stereocenters. The first-order valence-electron chi connectivity index (χ1n) is 11.4. The Hall–Kier alpha value is -2.93. The van der Waals surface area contributed by atoms with Gasteiger partial charge in [-0.05, 0) is 49.9 Å². The lowest BCUT2D eigenvalue weighted by Crippen LogP contribution is -2.57. The molecule has 1 aromatic carbocycles. The maximum atomic E-state index is 14.0. The second-order valence-corrected chi connectivity index (χ2v) is 9.59. The summed E-state index contributed by atoms with van der Waals surface area (Å²) in [7, 11) is 1.75. The highest BCUT2D eigenvalue weighted by Crippen LogP contribution is 2.42. The molecule has 1 aliphatic carbocycles. The third-order valence-electron chi connectivity index (χ3n) is 7.26. The summed E-state index contributed by atoms with van der Waals surface area (Å²) in [4.78, 5) is 17.9. The van der Waals surface area contributed by atoms with Crippen LogP contribution in [0.1, 0.15) is 32.1 Å². The highest BCUT2D eigenvalue weighted by Gasteiger charge is 2.43. The molecule has 34 heavy (non-hydrogen) atoms. The zero-order valence-corrected chi connectivity index (χ0v) is 19.6. The van der Waals surface area contributed by atoms with E-state index in [2.05, 4.69) is 21.3 Å². The molecule has 2 N–H and O–H groups in total. The van der Waals surface area contributed by atoms with Crippen molar-refractivity contribution < 1.29 is 9.13 Å². The summed E-state index contributed by atoms with van der Waals surface area (Å²) in [6.45, 7) is 1.89. The molecule has 1 saturated heterocycles. The molecule has 0 bridgehead atoms. The van der Waals surface area contributed by atoms with Crippen LogP contribution in [0.2, 0.25) is 5.02 Å². The summed E-state index contributed by atoms with van der Waals surface area (Å²) in [6.07, 6.45) is 5.61. The van der Waals surface area contributed by atoms with Crippen molar-refractivity contribution in [1.82, 2.24) is 19.7 Å². The van der Waals surface area contributed by atoms with Crippen molar-refractivity contribution in [3.8, 4) is 6.07 Å². The van der Waals surface area contributed by atoms with E-state index in [1.165, 1.54) is 12.1 Å². The first kappa shape index (κ1) is 22.8. The molecule has 3 heterocycles. The van der Waals surface area contributed by atoms with Gasteiger partial charge in [-0.3, -0.25) is 14.4 Å². The Kier molecular flexibility index (Phi) is 6.06. The van der Waals surface area contributed by atoms with Gasteiger partial charge in [0.25, 0.3) is 5.56 Å². The molecule has 178 valence electrons. The lowest BCUT2D eigenvalue weighted by molar-refractivity contribution is -0.0640. The first-order chi connectivity index (χ1) is 16.4. The van der Waals surface area contributed by atoms with Gasteiger partial charge in [-0.25, -0.2) is 4.39 Å². The van der Waals surface area contributed by atoms with Gasteiger partial charge >= 0.3 is 0 Å². The average molecular weight is 485 g/mol. The number of hydrogen-bond acceptors (Lipinski definition) is 6. The molecular weight excluding hydrogens is 459 g/mol. The third kappa shape index (κ3) is 3.96. The largest absolute Gasteiger partial charge is 0.379 e. The molecule has 2 fully saturated rings. The van der Waals surface area contributed by atoms with E-state index in [0.29, 0.717) is 41.0 Å². The van der Waals surface area contributed by atoms with Crippen LogP contribution >= 0.6 is 11.6 Å². The normalized spacial score (nSPS) is 23.5. The van der Waals surface area contributed by atoms with Gasteiger partial charge in [0, 0.05) is 38.1 Å². The van der Waals surface area contributed by atoms with Gasteiger partial charge in [0.15, 0.2) is 5.82 Å². The molecule has 0 spiro atoms. The van der Waals surface area contributed by atoms with Crippen molar-refractivity contribution in [3.63, 3.8) is 0 Å². The lowest BCUT2D eigenvalue weighted by atomic mass is 9.76. The molecular formula is C24H26ClFN6O2. The summed E-state index contributed by atoms with van der Waals surface area (Å²) < 4.78 is 21.3. The molecule has 3 aromatic rings. The fraction of sp³-hybridized carbons (Fsp3) is 0.458. The number of nitrogens with one attached hydrogen (secondary N) is 2. The van der Waals surface area contributed by atoms with Crippen LogP contribution in [0.15, 0.2) is 35.3 Å². The number of nitrogens with zero attached hydrogens (tertiary/aromatic N) is 4. The van der Waals surface area contributed by atoms with Gasteiger partial charge in [-0.2, -0.15) is 10.4 Å². The molecule has 2 aromatic heterocycles. The quantitative estimate of drug-likeness (QED) is 0.545. The summed E-state index contributed by atoms with van der Waals surface area (Å²) >= 11 is 5.81. The maximum Gasteiger partial charge on any atom is 0.261 e. The molecule has 10 heteroatoms. The van der Waals surface area contributed by atoms with E-state index in [1.54, 1.807) is 25.4 Å². The van der Waals surface area contributed by atoms with E-state index in [9.17, 15) is 14.4 Å². The summed E-state index contributed by atoms with van der Waals surface area (Å²) in [6, 6.07) is 8.96. The molecule has 1 aliphatic heterocycles. The lowest BCUT2D eigenvalue weighted by Gasteiger charge is -2.48. The van der Waals surface area contributed by atoms with Gasteiger partial charge < -0.3 is 15.0 Å². The van der Waals surface area contributed by atoms with E-state index < -0.39 is 11.4 Å². The van der Waals surface area contributed by atoms with Crippen molar-refractivity contribution >= 4 is 34.0 Å². The number of fused-ring (bicyclic) bond motifs is 1. The van der Waals surface area contributed by atoms with E-state index in [0.717, 1.165) is 38.8 Å². The molecule has 5 rings (SSSR count). The van der Waals surface area contributed by atoms with Crippen molar-refractivity contribution in [2.45, 2.75) is 49.8 Å². The molecule has 2 aliphatic rings. The molecule has 0 radical (unpaired) electrons. The van der Waals surface area contributed by atoms with Gasteiger partial charge in [0.1, 0.15) is 11.2 Å². The van der Waals surface area contributed by atoms with Gasteiger partial charge in [0.2, 0.25) is 0 Å². The van der Waals surface area contributed by atoms with Crippen LogP contribution in [-0.4, -0.2) is 52.0 Å². The van der Waals surface area contributed by atoms with Crippen molar-refractivity contribution in [3.05, 3.63) is 51.7 Å². The standard InChI is InChI=1S/C24H26ClFN6O2/c1-34-17-13-31(14-17)16-4-7-24(8-5-16,9-10-27)32-20-6-11-28-23(33)21(20)22(30-32)29-15-2-3-18(25)19(26)12-15/h2-3,6,11-12,16-17H,4-5,7-9,13-14H2,1H3,(H,28,33)(H,29,30)/t16-,24+. The van der Waals surface area contributed by atoms with Crippen LogP contribution < -0.4 is 10.9 Å². The SMILES string of the molecule is COC1CN([C@H]2CC[C@@](CC#N)(n3nc(Nc4ccc(Cl)c(F)c4)c4c(=O)[nH]ccc43)CC2)C1. The van der Waals surface area contributed by atoms with Crippen LogP contribution in [0.3, 0.4) is 0 Å². The molecule has 1 saturated carbocycles. The van der Waals surface area contributed by atoms with Crippen molar-refractivity contribution in [2.24, 2.45) is 0 Å². The predicted molar refractivity (Wildman–Crippen MR) is 128 cm³/mol. The Labute approximate surface area is 201 Å². The van der Waals surface area contributed by atoms with Crippen LogP contribution in [0.5, 0.6) is 0 Å². The Morgan fingerprint density at radius 3 is 2.79 bits per heavy atom. The number of rotatable bonds is 6. The predicted octanol–water partition coefficient (Wildman–Crippen LogP) is 4.14. The first-order valence-corrected chi connectivity index (χ1v) is 11.8. The van der Waals surface area contributed by atoms with Crippen molar-refractivity contribution in [2.75, 3.05) is 25.5 Å². The Morgan fingerprint density at radius 1 is 1.35 bits per heavy atom. The molecule has 0 atom stereocenters. The minimum Gasteiger partial charge on any atom is -0.379 e. The fourth-order valence-electron chi connectivity index (χ4n) is 5.27. The summed E-state index contributed by atoms with van der Waals surface area (Å²) in [5.41, 5.74) is 0.263. The van der Waals surface area contributed by atoms with Crippen LogP contribution in [0.4, 0.5) is 15.9 Å². The van der Waals surface area contributed by atoms with Crippen LogP contribution in [0.25, 0.3) is 10.9 Å². The van der Waals surface area contributed by atoms with E-state index in [-0.39, 0.29) is 10.6 Å². The second kappa shape index (κ2) is 9.02. The smallest absolute Gasteiger partial charge is 0.261 e.